The van der Waals surface area contributed by atoms with Gasteiger partial charge in [0.15, 0.2) is 0 Å². The highest BCUT2D eigenvalue weighted by Crippen LogP contribution is 2.24. The van der Waals surface area contributed by atoms with E-state index in [4.69, 9.17) is 0 Å². The molecule has 0 fully saturated rings. The number of halogens is 1. The first-order valence-electron chi connectivity index (χ1n) is 9.92. The predicted molar refractivity (Wildman–Crippen MR) is 120 cm³/mol. The van der Waals surface area contributed by atoms with E-state index in [-0.39, 0.29) is 6.04 Å². The molecule has 2 aromatic rings. The van der Waals surface area contributed by atoms with Gasteiger partial charge in [-0.1, -0.05) is 60.1 Å². The van der Waals surface area contributed by atoms with Crippen LogP contribution in [0, 0.1) is 0 Å². The summed E-state index contributed by atoms with van der Waals surface area (Å²) in [5, 5.41) is 0. The van der Waals surface area contributed by atoms with Crippen LogP contribution in [0.3, 0.4) is 0 Å². The molecule has 2 rings (SSSR count). The Hall–Kier alpha value is -1.21. The van der Waals surface area contributed by atoms with Crippen molar-refractivity contribution in [2.45, 2.75) is 51.1 Å². The van der Waals surface area contributed by atoms with E-state index in [2.05, 4.69) is 34.7 Å². The molecule has 0 heterocycles. The molecule has 1 atom stereocenters. The van der Waals surface area contributed by atoms with Crippen molar-refractivity contribution >= 4 is 26.0 Å². The second-order valence-electron chi connectivity index (χ2n) is 7.01. The highest BCUT2D eigenvalue weighted by atomic mass is 79.9. The Kier molecular flexibility index (Phi) is 9.15. The molecular formula is C22H31BrN2O2S. The standard InChI is InChI=1S/C22H31BrN2O2S/c1-4-24(5-2)17-9-10-19(3)25(18-20-11-7-6-8-12-20)28(26,27)22-15-13-21(23)14-16-22/h6-8,11-16,19H,4-5,9-10,17-18H2,1-3H3. The first-order chi connectivity index (χ1) is 13.4. The summed E-state index contributed by atoms with van der Waals surface area (Å²) in [6, 6.07) is 16.6. The molecule has 4 nitrogen and oxygen atoms in total. The number of benzene rings is 2. The zero-order chi connectivity index (χ0) is 20.6. The molecule has 28 heavy (non-hydrogen) atoms. The van der Waals surface area contributed by atoms with Crippen LogP contribution in [0.4, 0.5) is 0 Å². The molecule has 0 saturated heterocycles. The lowest BCUT2D eigenvalue weighted by Gasteiger charge is -2.29. The van der Waals surface area contributed by atoms with Crippen LogP contribution in [0.1, 0.15) is 39.2 Å². The molecule has 2 aromatic carbocycles. The number of hydrogen-bond acceptors (Lipinski definition) is 3. The van der Waals surface area contributed by atoms with Crippen LogP contribution in [-0.2, 0) is 16.6 Å². The van der Waals surface area contributed by atoms with Crippen molar-refractivity contribution in [1.29, 1.82) is 0 Å². The van der Waals surface area contributed by atoms with E-state index in [0.717, 1.165) is 42.5 Å². The minimum absolute atomic E-state index is 0.0792. The van der Waals surface area contributed by atoms with Gasteiger partial charge in [0.25, 0.3) is 0 Å². The van der Waals surface area contributed by atoms with Gasteiger partial charge in [0.2, 0.25) is 10.0 Å². The van der Waals surface area contributed by atoms with Crippen LogP contribution in [0.5, 0.6) is 0 Å². The van der Waals surface area contributed by atoms with Gasteiger partial charge in [-0.3, -0.25) is 0 Å². The third-order valence-corrected chi connectivity index (χ3v) is 7.59. The average molecular weight is 467 g/mol. The average Bonchev–Trinajstić information content (AvgIpc) is 2.70. The van der Waals surface area contributed by atoms with Crippen LogP contribution in [0.2, 0.25) is 0 Å². The van der Waals surface area contributed by atoms with Crippen molar-refractivity contribution in [3.8, 4) is 0 Å². The van der Waals surface area contributed by atoms with Crippen LogP contribution in [-0.4, -0.2) is 43.3 Å². The van der Waals surface area contributed by atoms with Gasteiger partial charge in [-0.15, -0.1) is 0 Å². The van der Waals surface area contributed by atoms with Crippen molar-refractivity contribution in [2.24, 2.45) is 0 Å². The fourth-order valence-electron chi connectivity index (χ4n) is 3.28. The molecule has 0 aliphatic rings. The second-order valence-corrected chi connectivity index (χ2v) is 9.81. The third kappa shape index (κ3) is 6.41. The van der Waals surface area contributed by atoms with Gasteiger partial charge in [-0.05, 0) is 69.2 Å². The van der Waals surface area contributed by atoms with Crippen molar-refractivity contribution in [3.63, 3.8) is 0 Å². The smallest absolute Gasteiger partial charge is 0.243 e. The topological polar surface area (TPSA) is 40.6 Å². The summed E-state index contributed by atoms with van der Waals surface area (Å²) in [5.41, 5.74) is 0.999. The van der Waals surface area contributed by atoms with E-state index in [1.807, 2.05) is 37.3 Å². The minimum atomic E-state index is -3.58. The molecule has 0 spiro atoms. The summed E-state index contributed by atoms with van der Waals surface area (Å²) in [6.45, 7) is 9.76. The van der Waals surface area contributed by atoms with Crippen molar-refractivity contribution in [3.05, 3.63) is 64.6 Å². The van der Waals surface area contributed by atoms with Crippen molar-refractivity contribution < 1.29 is 8.42 Å². The predicted octanol–water partition coefficient (Wildman–Crippen LogP) is 5.15. The van der Waals surface area contributed by atoms with Crippen LogP contribution >= 0.6 is 15.9 Å². The molecule has 0 radical (unpaired) electrons. The summed E-state index contributed by atoms with van der Waals surface area (Å²) in [7, 11) is -3.58. The van der Waals surface area contributed by atoms with Gasteiger partial charge in [-0.2, -0.15) is 4.31 Å². The van der Waals surface area contributed by atoms with Crippen LogP contribution in [0.25, 0.3) is 0 Å². The molecule has 0 N–H and O–H groups in total. The number of hydrogen-bond donors (Lipinski definition) is 0. The van der Waals surface area contributed by atoms with Crippen LogP contribution < -0.4 is 0 Å². The maximum Gasteiger partial charge on any atom is 0.243 e. The lowest BCUT2D eigenvalue weighted by Crippen LogP contribution is -2.38. The minimum Gasteiger partial charge on any atom is -0.304 e. The summed E-state index contributed by atoms with van der Waals surface area (Å²) in [4.78, 5) is 2.71. The van der Waals surface area contributed by atoms with Gasteiger partial charge in [-0.25, -0.2) is 8.42 Å². The number of nitrogens with zero attached hydrogens (tertiary/aromatic N) is 2. The Bertz CT molecular complexity index is 806. The Balaban J connectivity index is 2.22. The van der Waals surface area contributed by atoms with E-state index in [0.29, 0.717) is 11.4 Å². The molecule has 0 aliphatic heterocycles. The lowest BCUT2D eigenvalue weighted by molar-refractivity contribution is 0.265. The largest absolute Gasteiger partial charge is 0.304 e. The monoisotopic (exact) mass is 466 g/mol. The molecular weight excluding hydrogens is 436 g/mol. The quantitative estimate of drug-likeness (QED) is 0.459. The molecule has 6 heteroatoms. The maximum absolute atomic E-state index is 13.4. The molecule has 0 saturated carbocycles. The molecule has 0 amide bonds. The number of rotatable bonds is 11. The van der Waals surface area contributed by atoms with Crippen molar-refractivity contribution in [1.82, 2.24) is 9.21 Å². The van der Waals surface area contributed by atoms with E-state index in [1.165, 1.54) is 0 Å². The molecule has 154 valence electrons. The van der Waals surface area contributed by atoms with E-state index < -0.39 is 10.0 Å². The first kappa shape index (κ1) is 23.1. The molecule has 0 aliphatic carbocycles. The van der Waals surface area contributed by atoms with Gasteiger partial charge in [0.1, 0.15) is 0 Å². The number of sulfonamides is 1. The Morgan fingerprint density at radius 1 is 0.964 bits per heavy atom. The highest BCUT2D eigenvalue weighted by molar-refractivity contribution is 9.10. The third-order valence-electron chi connectivity index (χ3n) is 5.08. The SMILES string of the molecule is CCN(CC)CCCC(C)N(Cc1ccccc1)S(=O)(=O)c1ccc(Br)cc1. The summed E-state index contributed by atoms with van der Waals surface area (Å²) in [6.07, 6.45) is 1.81. The summed E-state index contributed by atoms with van der Waals surface area (Å²) in [5.74, 6) is 0. The van der Waals surface area contributed by atoms with Crippen molar-refractivity contribution in [2.75, 3.05) is 19.6 Å². The fourth-order valence-corrected chi connectivity index (χ4v) is 5.19. The second kappa shape index (κ2) is 11.1. The van der Waals surface area contributed by atoms with Gasteiger partial charge in [0, 0.05) is 17.1 Å². The highest BCUT2D eigenvalue weighted by Gasteiger charge is 2.29. The van der Waals surface area contributed by atoms with E-state index in [9.17, 15) is 8.42 Å². The summed E-state index contributed by atoms with van der Waals surface area (Å²) >= 11 is 3.38. The van der Waals surface area contributed by atoms with Gasteiger partial charge >= 0.3 is 0 Å². The lowest BCUT2D eigenvalue weighted by atomic mass is 10.1. The molecule has 1 unspecified atom stereocenters. The van der Waals surface area contributed by atoms with E-state index >= 15 is 0 Å². The zero-order valence-corrected chi connectivity index (χ0v) is 19.4. The molecule has 0 bridgehead atoms. The Morgan fingerprint density at radius 3 is 2.14 bits per heavy atom. The van der Waals surface area contributed by atoms with Gasteiger partial charge in [0.05, 0.1) is 4.90 Å². The Labute approximate surface area is 178 Å². The maximum atomic E-state index is 13.4. The van der Waals surface area contributed by atoms with E-state index in [1.54, 1.807) is 28.6 Å². The zero-order valence-electron chi connectivity index (χ0n) is 17.0. The Morgan fingerprint density at radius 2 is 1.57 bits per heavy atom. The fraction of sp³-hybridized carbons (Fsp3) is 0.455. The van der Waals surface area contributed by atoms with Crippen LogP contribution in [0.15, 0.2) is 64.0 Å². The summed E-state index contributed by atoms with van der Waals surface area (Å²) < 4.78 is 29.3. The molecule has 0 aromatic heterocycles. The van der Waals surface area contributed by atoms with Gasteiger partial charge < -0.3 is 4.90 Å². The normalized spacial score (nSPS) is 13.2. The first-order valence-corrected chi connectivity index (χ1v) is 12.2.